The van der Waals surface area contributed by atoms with E-state index in [2.05, 4.69) is 297 Å². The van der Waals surface area contributed by atoms with Crippen molar-refractivity contribution >= 4 is 88.0 Å². The van der Waals surface area contributed by atoms with Crippen molar-refractivity contribution in [2.75, 3.05) is 0 Å². The van der Waals surface area contributed by atoms with Gasteiger partial charge in [0, 0.05) is 0 Å². The largest absolute Gasteiger partial charge is 1.00 e. The van der Waals surface area contributed by atoms with Crippen LogP contribution < -0.4 is 47.7 Å². The fraction of sp³-hybridized carbons (Fsp3) is 0.141. The van der Waals surface area contributed by atoms with E-state index in [4.69, 9.17) is 4.79 Å². The van der Waals surface area contributed by atoms with E-state index in [1.165, 1.54) is 97.8 Å². The Morgan fingerprint density at radius 3 is 0.371 bits per heavy atom. The Balaban J connectivity index is 0.000000222. The summed E-state index contributed by atoms with van der Waals surface area (Å²) >= 11 is 1.82. The van der Waals surface area contributed by atoms with Gasteiger partial charge in [0.25, 0.3) is 6.79 Å². The minimum atomic E-state index is -0.483. The van der Waals surface area contributed by atoms with Crippen molar-refractivity contribution in [1.29, 1.82) is 0 Å². The minimum Gasteiger partial charge on any atom is -1.00 e. The Bertz CT molecular complexity index is 2260. The molecule has 0 spiro atoms. The molecule has 0 N–H and O–H groups in total. The smallest absolute Gasteiger partial charge is 1.00 e. The van der Waals surface area contributed by atoms with Gasteiger partial charge in [0.15, 0.2) is 0 Å². The first kappa shape index (κ1) is 55.8. The summed E-state index contributed by atoms with van der Waals surface area (Å²) in [6.45, 7) is 23.8. The van der Waals surface area contributed by atoms with Crippen molar-refractivity contribution < 1.29 is 23.5 Å². The molecule has 2 radical (unpaired) electrons. The van der Waals surface area contributed by atoms with Crippen LogP contribution in [0.2, 0.25) is 0 Å². The Hall–Kier alpha value is -5.15. The van der Waals surface area contributed by atoms with Crippen LogP contribution in [0.25, 0.3) is 0 Å². The molecular weight excluding hydrogens is 1010 g/mol. The zero-order valence-corrected chi connectivity index (χ0v) is 46.9. The molecule has 9 aromatic carbocycles. The van der Waals surface area contributed by atoms with Gasteiger partial charge in [0.1, 0.15) is 0 Å². The summed E-state index contributed by atoms with van der Waals surface area (Å²) in [6, 6.07) is 80.9. The van der Waals surface area contributed by atoms with Gasteiger partial charge in [-0.1, -0.05) is 268 Å². The van der Waals surface area contributed by atoms with Crippen LogP contribution in [0, 0.1) is 62.3 Å². The zero-order valence-electron chi connectivity index (χ0n) is 42.8. The third-order valence-electron chi connectivity index (χ3n) is 11.6. The molecule has 0 aliphatic heterocycles. The molecule has 0 saturated carbocycles. The maximum Gasteiger partial charge on any atom is -1.00 e. The number of hydrogen-bond acceptors (Lipinski definition) is 1. The van der Waals surface area contributed by atoms with Crippen LogP contribution in [0.3, 0.4) is 0 Å². The minimum absolute atomic E-state index is 0. The average molecular weight is 1080 g/mol. The fourth-order valence-electron chi connectivity index (χ4n) is 7.59. The van der Waals surface area contributed by atoms with E-state index in [0.29, 0.717) is 0 Å². The second-order valence-electron chi connectivity index (χ2n) is 17.5. The topological polar surface area (TPSA) is 17.1 Å². The van der Waals surface area contributed by atoms with Gasteiger partial charge < -0.3 is 1.43 Å². The van der Waals surface area contributed by atoms with Crippen molar-refractivity contribution in [3.8, 4) is 0 Å². The van der Waals surface area contributed by atoms with E-state index in [9.17, 15) is 0 Å². The van der Waals surface area contributed by atoms with Gasteiger partial charge in [-0.2, -0.15) is 0 Å². The number of rotatable bonds is 9. The van der Waals surface area contributed by atoms with Gasteiger partial charge >= 0.3 is 27.0 Å². The predicted octanol–water partition coefficient (Wildman–Crippen LogP) is 13.5. The first-order valence-corrected chi connectivity index (χ1v) is 29.5. The Morgan fingerprint density at radius 2 is 0.300 bits per heavy atom. The van der Waals surface area contributed by atoms with Crippen molar-refractivity contribution in [1.82, 2.24) is 0 Å². The van der Waals surface area contributed by atoms with E-state index in [1.54, 1.807) is 0 Å². The van der Waals surface area contributed by atoms with Crippen LogP contribution >= 0.6 is 33.5 Å². The molecule has 70 heavy (non-hydrogen) atoms. The van der Waals surface area contributed by atoms with E-state index in [1.807, 2.05) is 17.3 Å². The van der Waals surface area contributed by atoms with Crippen LogP contribution in [0.5, 0.6) is 0 Å². The first-order chi connectivity index (χ1) is 33.9. The summed E-state index contributed by atoms with van der Waals surface area (Å²) in [5.41, 5.74) is 11.8. The summed E-state index contributed by atoms with van der Waals surface area (Å²) < 4.78 is 0. The molecule has 357 valence electrons. The molecule has 0 amide bonds. The Morgan fingerprint density at radius 1 is 0.229 bits per heavy atom. The van der Waals surface area contributed by atoms with Gasteiger partial charge in [0.2, 0.25) is 0 Å². The van der Waals surface area contributed by atoms with Crippen molar-refractivity contribution in [2.24, 2.45) is 0 Å². The standard InChI is InChI=1S/3C21H21P.CO.ClH.Ru.H/c3*1-16-4-10-19(11-5-16)22(20-12-6-17(2)7-13-20)21-14-8-18(3)9-15-21;1-2;;;/h3*4-15H,1-3H3;;1H;;/q;;;;;+1;-1/p-1. The Kier molecular flexibility index (Phi) is 22.8. The zero-order chi connectivity index (χ0) is 50.6. The summed E-state index contributed by atoms with van der Waals surface area (Å²) in [6.07, 6.45) is 0. The van der Waals surface area contributed by atoms with Crippen molar-refractivity contribution in [3.63, 3.8) is 0 Å². The maximum absolute atomic E-state index is 7.50. The molecule has 0 aliphatic rings. The molecule has 0 heterocycles. The van der Waals surface area contributed by atoms with Crippen LogP contribution in [0.1, 0.15) is 51.5 Å². The molecule has 0 unspecified atom stereocenters. The molecule has 0 saturated heterocycles. The molecule has 0 aliphatic carbocycles. The fourth-order valence-corrected chi connectivity index (χ4v) is 14.3. The number of halogens is 1. The van der Waals surface area contributed by atoms with Gasteiger partial charge in [0.05, 0.1) is 0 Å². The number of hydrogen-bond donors (Lipinski definition) is 0. The normalized spacial score (nSPS) is 10.4. The summed E-state index contributed by atoms with van der Waals surface area (Å²) in [5.74, 6) is 0. The monoisotopic (exact) mass is 1080 g/mol. The molecule has 1 nitrogen and oxygen atoms in total. The van der Waals surface area contributed by atoms with Crippen molar-refractivity contribution in [3.05, 3.63) is 268 Å². The number of benzene rings is 9. The average Bonchev–Trinajstić information content (AvgIpc) is 3.38. The van der Waals surface area contributed by atoms with Crippen molar-refractivity contribution in [2.45, 2.75) is 62.3 Å². The van der Waals surface area contributed by atoms with E-state index >= 15 is 0 Å². The third kappa shape index (κ3) is 16.5. The molecule has 9 rings (SSSR count). The van der Waals surface area contributed by atoms with E-state index < -0.39 is 23.8 Å². The molecule has 0 aromatic heterocycles. The maximum atomic E-state index is 7.50. The summed E-state index contributed by atoms with van der Waals surface area (Å²) in [4.78, 5) is 7.50. The molecule has 9 aromatic rings. The van der Waals surface area contributed by atoms with Crippen LogP contribution in [0.15, 0.2) is 218 Å². The third-order valence-corrected chi connectivity index (χ3v) is 19.0. The van der Waals surface area contributed by atoms with Crippen LogP contribution in [0.4, 0.5) is 0 Å². The first-order valence-electron chi connectivity index (χ1n) is 23.2. The van der Waals surface area contributed by atoms with E-state index in [0.717, 1.165) is 0 Å². The summed E-state index contributed by atoms with van der Waals surface area (Å²) in [5, 5.41) is 12.7. The van der Waals surface area contributed by atoms with Gasteiger partial charge in [-0.05, 0) is 134 Å². The van der Waals surface area contributed by atoms with Crippen LogP contribution in [-0.2, 0) is 22.1 Å². The molecule has 0 atom stereocenters. The second kappa shape index (κ2) is 28.6. The molecule has 0 fully saturated rings. The number of carbonyl (C=O) groups excluding carboxylic acids is 1. The second-order valence-corrected chi connectivity index (χ2v) is 24.2. The van der Waals surface area contributed by atoms with E-state index in [-0.39, 0.29) is 1.43 Å². The van der Waals surface area contributed by atoms with Crippen LogP contribution in [-0.4, -0.2) is 6.79 Å². The number of aryl methyl sites for hydroxylation is 9. The predicted molar refractivity (Wildman–Crippen MR) is 311 cm³/mol. The summed E-state index contributed by atoms with van der Waals surface area (Å²) in [7, 11) is 3.12. The quantitative estimate of drug-likeness (QED) is 0.104. The van der Waals surface area contributed by atoms with Gasteiger partial charge in [-0.3, -0.25) is 4.79 Å². The molecule has 0 bridgehead atoms. The molecular formula is C64H64ClOP3Ru-. The van der Waals surface area contributed by atoms with Gasteiger partial charge in [-0.15, -0.1) is 0 Å². The molecule has 6 heteroatoms. The SMILES string of the molecule is Cc1ccc(P(c2ccc(C)cc2)c2ccc(C)cc2)cc1.Cc1ccc(P(c2ccc(C)cc2)c2ccc(C)cc2)cc1.Cc1ccc(P(c2ccc(C)cc2)c2ccc(C)cc2)cc1.[C]=O.[Cl][Ru].[H-]. The Labute approximate surface area is 439 Å². The van der Waals surface area contributed by atoms with Gasteiger partial charge in [-0.25, -0.2) is 0 Å².